The quantitative estimate of drug-likeness (QED) is 0.881. The Labute approximate surface area is 140 Å². The molecular weight excluding hydrogens is 308 g/mol. The molecule has 0 saturated carbocycles. The fourth-order valence-electron chi connectivity index (χ4n) is 2.83. The normalized spacial score (nSPS) is 20.6. The van der Waals surface area contributed by atoms with E-state index < -0.39 is 0 Å². The lowest BCUT2D eigenvalue weighted by Gasteiger charge is -2.20. The molecule has 23 heavy (non-hydrogen) atoms. The fraction of sp³-hybridized carbons (Fsp3) is 0.412. The molecule has 1 amide bonds. The average Bonchev–Trinajstić information content (AvgIpc) is 3.22. The van der Waals surface area contributed by atoms with E-state index in [1.807, 2.05) is 42.6 Å². The molecule has 1 saturated heterocycles. The standard InChI is InChI=1S/C17H22N4OS/c1-12-16(23-11-18-12)8-9-21(2)17(22)15-10-14(19-20-15)13-6-4-3-5-7-13/h3-7,11,14-15,19-20H,8-10H2,1-2H3. The van der Waals surface area contributed by atoms with E-state index in [4.69, 9.17) is 0 Å². The van der Waals surface area contributed by atoms with Crippen LogP contribution in [0.3, 0.4) is 0 Å². The topological polar surface area (TPSA) is 57.3 Å². The van der Waals surface area contributed by atoms with Crippen molar-refractivity contribution in [2.24, 2.45) is 0 Å². The van der Waals surface area contributed by atoms with Gasteiger partial charge in [0.1, 0.15) is 6.04 Å². The minimum absolute atomic E-state index is 0.137. The number of aromatic nitrogens is 1. The molecule has 0 bridgehead atoms. The Morgan fingerprint density at radius 1 is 1.35 bits per heavy atom. The summed E-state index contributed by atoms with van der Waals surface area (Å²) in [5.41, 5.74) is 10.5. The maximum absolute atomic E-state index is 12.6. The number of carbonyl (C=O) groups excluding carboxylic acids is 1. The molecule has 122 valence electrons. The third-order valence-electron chi connectivity index (χ3n) is 4.30. The van der Waals surface area contributed by atoms with E-state index in [1.165, 1.54) is 10.4 Å². The van der Waals surface area contributed by atoms with Crippen LogP contribution < -0.4 is 10.9 Å². The van der Waals surface area contributed by atoms with Crippen molar-refractivity contribution < 1.29 is 4.79 Å². The Morgan fingerprint density at radius 3 is 2.83 bits per heavy atom. The van der Waals surface area contributed by atoms with Crippen LogP contribution >= 0.6 is 11.3 Å². The van der Waals surface area contributed by atoms with Gasteiger partial charge < -0.3 is 4.90 Å². The highest BCUT2D eigenvalue weighted by molar-refractivity contribution is 7.09. The summed E-state index contributed by atoms with van der Waals surface area (Å²) in [5, 5.41) is 0. The van der Waals surface area contributed by atoms with Crippen LogP contribution in [0.4, 0.5) is 0 Å². The SMILES string of the molecule is Cc1ncsc1CCN(C)C(=O)C1CC(c2ccccc2)NN1. The number of likely N-dealkylation sites (N-methyl/N-ethyl adjacent to an activating group) is 1. The predicted molar refractivity (Wildman–Crippen MR) is 92.1 cm³/mol. The number of amides is 1. The number of thiazole rings is 1. The third-order valence-corrected chi connectivity index (χ3v) is 5.29. The highest BCUT2D eigenvalue weighted by Crippen LogP contribution is 2.22. The van der Waals surface area contributed by atoms with Gasteiger partial charge in [-0.3, -0.25) is 4.79 Å². The summed E-state index contributed by atoms with van der Waals surface area (Å²) in [4.78, 5) is 19.9. The van der Waals surface area contributed by atoms with Crippen molar-refractivity contribution in [2.75, 3.05) is 13.6 Å². The second-order valence-corrected chi connectivity index (χ2v) is 6.85. The summed E-state index contributed by atoms with van der Waals surface area (Å²) < 4.78 is 0. The minimum Gasteiger partial charge on any atom is -0.344 e. The molecule has 0 spiro atoms. The number of hydrogen-bond acceptors (Lipinski definition) is 5. The van der Waals surface area contributed by atoms with Crippen LogP contribution in [0, 0.1) is 6.92 Å². The van der Waals surface area contributed by atoms with E-state index in [9.17, 15) is 4.79 Å². The van der Waals surface area contributed by atoms with Crippen molar-refractivity contribution in [2.45, 2.75) is 31.8 Å². The number of hydrazine groups is 1. The molecule has 6 heteroatoms. The number of nitrogens with one attached hydrogen (secondary N) is 2. The van der Waals surface area contributed by atoms with E-state index in [0.717, 1.165) is 25.1 Å². The number of benzene rings is 1. The van der Waals surface area contributed by atoms with Crippen molar-refractivity contribution in [1.82, 2.24) is 20.7 Å². The first-order valence-corrected chi connectivity index (χ1v) is 8.73. The Hall–Kier alpha value is -1.76. The van der Waals surface area contributed by atoms with Gasteiger partial charge in [0.25, 0.3) is 0 Å². The van der Waals surface area contributed by atoms with Crippen LogP contribution in [0.1, 0.15) is 28.6 Å². The number of carbonyl (C=O) groups is 1. The van der Waals surface area contributed by atoms with Gasteiger partial charge in [-0.05, 0) is 18.9 Å². The minimum atomic E-state index is -0.173. The molecule has 1 aliphatic rings. The molecule has 0 aliphatic carbocycles. The van der Waals surface area contributed by atoms with Gasteiger partial charge in [-0.2, -0.15) is 0 Å². The molecule has 2 atom stereocenters. The molecule has 1 aliphatic heterocycles. The van der Waals surface area contributed by atoms with Gasteiger partial charge in [0.05, 0.1) is 11.2 Å². The molecular formula is C17H22N4OS. The first kappa shape index (κ1) is 16.1. The maximum Gasteiger partial charge on any atom is 0.240 e. The molecule has 1 aromatic carbocycles. The third kappa shape index (κ3) is 3.77. The molecule has 2 aromatic rings. The van der Waals surface area contributed by atoms with Gasteiger partial charge in [0.2, 0.25) is 5.91 Å². The van der Waals surface area contributed by atoms with Gasteiger partial charge in [0, 0.05) is 30.9 Å². The molecule has 2 N–H and O–H groups in total. The molecule has 3 rings (SSSR count). The zero-order valence-electron chi connectivity index (χ0n) is 13.5. The monoisotopic (exact) mass is 330 g/mol. The van der Waals surface area contributed by atoms with Crippen molar-refractivity contribution in [3.63, 3.8) is 0 Å². The van der Waals surface area contributed by atoms with Gasteiger partial charge in [-0.1, -0.05) is 30.3 Å². The highest BCUT2D eigenvalue weighted by Gasteiger charge is 2.31. The Bertz CT molecular complexity index is 658. The van der Waals surface area contributed by atoms with Crippen LogP contribution in [0.5, 0.6) is 0 Å². The summed E-state index contributed by atoms with van der Waals surface area (Å²) in [5.74, 6) is 0.137. The maximum atomic E-state index is 12.6. The van der Waals surface area contributed by atoms with Crippen LogP contribution in [0.2, 0.25) is 0 Å². The van der Waals surface area contributed by atoms with Gasteiger partial charge >= 0.3 is 0 Å². The smallest absolute Gasteiger partial charge is 0.240 e. The Kier molecular flexibility index (Phi) is 5.05. The molecule has 0 radical (unpaired) electrons. The number of hydrogen-bond donors (Lipinski definition) is 2. The average molecular weight is 330 g/mol. The van der Waals surface area contributed by atoms with E-state index in [-0.39, 0.29) is 18.0 Å². The van der Waals surface area contributed by atoms with E-state index in [2.05, 4.69) is 28.0 Å². The van der Waals surface area contributed by atoms with Gasteiger partial charge in [0.15, 0.2) is 0 Å². The first-order valence-electron chi connectivity index (χ1n) is 7.85. The lowest BCUT2D eigenvalue weighted by molar-refractivity contribution is -0.131. The fourth-order valence-corrected chi connectivity index (χ4v) is 3.60. The van der Waals surface area contributed by atoms with E-state index in [1.54, 1.807) is 11.3 Å². The van der Waals surface area contributed by atoms with Crippen molar-refractivity contribution >= 4 is 17.2 Å². The van der Waals surface area contributed by atoms with Crippen molar-refractivity contribution in [3.05, 3.63) is 52.0 Å². The van der Waals surface area contributed by atoms with Crippen molar-refractivity contribution in [3.8, 4) is 0 Å². The summed E-state index contributed by atoms with van der Waals surface area (Å²) in [6, 6.07) is 10.2. The summed E-state index contributed by atoms with van der Waals surface area (Å²) in [6.45, 7) is 2.73. The number of rotatable bonds is 5. The van der Waals surface area contributed by atoms with Gasteiger partial charge in [-0.15, -0.1) is 11.3 Å². The molecule has 2 heterocycles. The zero-order chi connectivity index (χ0) is 16.2. The number of nitrogens with zero attached hydrogens (tertiary/aromatic N) is 2. The lowest BCUT2D eigenvalue weighted by Crippen LogP contribution is -2.44. The Morgan fingerprint density at radius 2 is 2.13 bits per heavy atom. The second kappa shape index (κ2) is 7.21. The lowest BCUT2D eigenvalue weighted by atomic mass is 10.0. The van der Waals surface area contributed by atoms with Crippen molar-refractivity contribution in [1.29, 1.82) is 0 Å². The highest BCUT2D eigenvalue weighted by atomic mass is 32.1. The van der Waals surface area contributed by atoms with Crippen LogP contribution in [0.25, 0.3) is 0 Å². The zero-order valence-corrected chi connectivity index (χ0v) is 14.3. The second-order valence-electron chi connectivity index (χ2n) is 5.91. The summed E-state index contributed by atoms with van der Waals surface area (Å²) in [6.07, 6.45) is 1.63. The largest absolute Gasteiger partial charge is 0.344 e. The van der Waals surface area contributed by atoms with Crippen LogP contribution in [-0.4, -0.2) is 35.4 Å². The van der Waals surface area contributed by atoms with E-state index >= 15 is 0 Å². The molecule has 5 nitrogen and oxygen atoms in total. The first-order chi connectivity index (χ1) is 11.1. The van der Waals surface area contributed by atoms with Crippen LogP contribution in [-0.2, 0) is 11.2 Å². The van der Waals surface area contributed by atoms with Crippen LogP contribution in [0.15, 0.2) is 35.8 Å². The predicted octanol–water partition coefficient (Wildman–Crippen LogP) is 2.06. The summed E-state index contributed by atoms with van der Waals surface area (Å²) in [7, 11) is 1.87. The van der Waals surface area contributed by atoms with E-state index in [0.29, 0.717) is 0 Å². The summed E-state index contributed by atoms with van der Waals surface area (Å²) >= 11 is 1.66. The molecule has 1 aromatic heterocycles. The molecule has 2 unspecified atom stereocenters. The molecule has 1 fully saturated rings. The Balaban J connectivity index is 1.53. The van der Waals surface area contributed by atoms with Gasteiger partial charge in [-0.25, -0.2) is 15.8 Å². The number of aryl methyl sites for hydroxylation is 1.